The van der Waals surface area contributed by atoms with E-state index in [4.69, 9.17) is 4.42 Å². The van der Waals surface area contributed by atoms with Gasteiger partial charge in [0.15, 0.2) is 0 Å². The van der Waals surface area contributed by atoms with E-state index in [1.165, 1.54) is 12.0 Å². The van der Waals surface area contributed by atoms with Gasteiger partial charge >= 0.3 is 0 Å². The van der Waals surface area contributed by atoms with Gasteiger partial charge in [0.05, 0.1) is 0 Å². The molecular weight excluding hydrogens is 210 g/mol. The van der Waals surface area contributed by atoms with Gasteiger partial charge in [0, 0.05) is 18.5 Å². The Balaban J connectivity index is 1.93. The molecule has 0 spiro atoms. The maximum atomic E-state index is 5.85. The molecule has 2 nitrogen and oxygen atoms in total. The van der Waals surface area contributed by atoms with Crippen LogP contribution in [0, 0.1) is 5.92 Å². The Labute approximate surface area is 104 Å². The van der Waals surface area contributed by atoms with Crippen molar-refractivity contribution < 1.29 is 4.42 Å². The lowest BCUT2D eigenvalue weighted by Crippen LogP contribution is -2.24. The topological polar surface area (TPSA) is 25.2 Å². The Kier molecular flexibility index (Phi) is 3.72. The van der Waals surface area contributed by atoms with E-state index in [0.29, 0.717) is 12.0 Å². The van der Waals surface area contributed by atoms with Crippen molar-refractivity contribution in [3.05, 3.63) is 29.2 Å². The summed E-state index contributed by atoms with van der Waals surface area (Å²) < 4.78 is 5.85. The largest absolute Gasteiger partial charge is 0.461 e. The third kappa shape index (κ3) is 3.47. The molecule has 0 saturated heterocycles. The van der Waals surface area contributed by atoms with Gasteiger partial charge in [-0.1, -0.05) is 26.3 Å². The zero-order chi connectivity index (χ0) is 12.4. The molecule has 0 amide bonds. The van der Waals surface area contributed by atoms with Gasteiger partial charge in [-0.05, 0) is 37.5 Å². The van der Waals surface area contributed by atoms with Gasteiger partial charge < -0.3 is 9.73 Å². The molecule has 1 aliphatic carbocycles. The highest BCUT2D eigenvalue weighted by molar-refractivity contribution is 5.47. The van der Waals surface area contributed by atoms with Crippen molar-refractivity contribution in [2.45, 2.75) is 46.1 Å². The zero-order valence-corrected chi connectivity index (χ0v) is 11.3. The average Bonchev–Trinajstić information content (AvgIpc) is 2.81. The van der Waals surface area contributed by atoms with Gasteiger partial charge in [0.1, 0.15) is 11.5 Å². The normalized spacial score (nSPS) is 24.4. The van der Waals surface area contributed by atoms with Crippen molar-refractivity contribution in [1.82, 2.24) is 5.32 Å². The van der Waals surface area contributed by atoms with Crippen LogP contribution in [-0.2, 0) is 0 Å². The second kappa shape index (κ2) is 5.09. The van der Waals surface area contributed by atoms with E-state index in [0.717, 1.165) is 24.0 Å². The molecule has 0 aromatic carbocycles. The number of furan rings is 1. The summed E-state index contributed by atoms with van der Waals surface area (Å²) in [6.45, 7) is 9.66. The highest BCUT2D eigenvalue weighted by atomic mass is 16.3. The van der Waals surface area contributed by atoms with Gasteiger partial charge in [-0.3, -0.25) is 0 Å². The Morgan fingerprint density at radius 3 is 2.82 bits per heavy atom. The molecule has 0 radical (unpaired) electrons. The van der Waals surface area contributed by atoms with Crippen molar-refractivity contribution in [2.24, 2.45) is 5.92 Å². The molecular formula is C15H23NO. The van der Waals surface area contributed by atoms with Crippen LogP contribution in [0.4, 0.5) is 0 Å². The van der Waals surface area contributed by atoms with Gasteiger partial charge in [-0.15, -0.1) is 0 Å². The van der Waals surface area contributed by atoms with Crippen molar-refractivity contribution >= 4 is 6.08 Å². The Bertz CT molecular complexity index is 403. The lowest BCUT2D eigenvalue weighted by atomic mass is 10.2. The SMILES string of the molecule is CC(=Cc1ccc(C2CC2C)o1)CNC(C)C. The summed E-state index contributed by atoms with van der Waals surface area (Å²) >= 11 is 0. The van der Waals surface area contributed by atoms with Crippen LogP contribution in [0.2, 0.25) is 0 Å². The smallest absolute Gasteiger partial charge is 0.127 e. The van der Waals surface area contributed by atoms with E-state index >= 15 is 0 Å². The van der Waals surface area contributed by atoms with Gasteiger partial charge in [0.25, 0.3) is 0 Å². The van der Waals surface area contributed by atoms with Crippen molar-refractivity contribution in [3.8, 4) is 0 Å². The van der Waals surface area contributed by atoms with Crippen LogP contribution in [0.25, 0.3) is 6.08 Å². The highest BCUT2D eigenvalue weighted by Crippen LogP contribution is 2.47. The minimum atomic E-state index is 0.526. The van der Waals surface area contributed by atoms with E-state index in [1.54, 1.807) is 0 Å². The minimum absolute atomic E-state index is 0.526. The number of hydrogen-bond acceptors (Lipinski definition) is 2. The quantitative estimate of drug-likeness (QED) is 0.836. The van der Waals surface area contributed by atoms with Crippen molar-refractivity contribution in [3.63, 3.8) is 0 Å². The molecule has 2 heteroatoms. The fourth-order valence-electron chi connectivity index (χ4n) is 2.02. The molecule has 1 fully saturated rings. The monoisotopic (exact) mass is 233 g/mol. The van der Waals surface area contributed by atoms with Gasteiger partial charge in [-0.25, -0.2) is 0 Å². The lowest BCUT2D eigenvalue weighted by molar-refractivity contribution is 0.497. The van der Waals surface area contributed by atoms with Crippen molar-refractivity contribution in [2.75, 3.05) is 6.54 Å². The van der Waals surface area contributed by atoms with Crippen LogP contribution in [0.5, 0.6) is 0 Å². The molecule has 17 heavy (non-hydrogen) atoms. The van der Waals surface area contributed by atoms with E-state index < -0.39 is 0 Å². The summed E-state index contributed by atoms with van der Waals surface area (Å²) in [4.78, 5) is 0. The second-order valence-corrected chi connectivity index (χ2v) is 5.59. The van der Waals surface area contributed by atoms with Crippen LogP contribution >= 0.6 is 0 Å². The summed E-state index contributed by atoms with van der Waals surface area (Å²) in [7, 11) is 0. The first-order valence-electron chi connectivity index (χ1n) is 6.56. The fraction of sp³-hybridized carbons (Fsp3) is 0.600. The molecule has 2 atom stereocenters. The summed E-state index contributed by atoms with van der Waals surface area (Å²) in [5.74, 6) is 3.63. The predicted octanol–water partition coefficient (Wildman–Crippen LogP) is 3.80. The molecule has 0 aliphatic heterocycles. The maximum absolute atomic E-state index is 5.85. The fourth-order valence-corrected chi connectivity index (χ4v) is 2.02. The van der Waals surface area contributed by atoms with E-state index in [1.807, 2.05) is 0 Å². The van der Waals surface area contributed by atoms with Crippen LogP contribution in [0.1, 0.15) is 51.6 Å². The molecule has 1 aromatic rings. The lowest BCUT2D eigenvalue weighted by Gasteiger charge is -2.07. The predicted molar refractivity (Wildman–Crippen MR) is 72.0 cm³/mol. The maximum Gasteiger partial charge on any atom is 0.127 e. The Hall–Kier alpha value is -1.02. The molecule has 1 aromatic heterocycles. The average molecular weight is 233 g/mol. The molecule has 2 rings (SSSR count). The summed E-state index contributed by atoms with van der Waals surface area (Å²) in [5.41, 5.74) is 1.31. The van der Waals surface area contributed by atoms with Gasteiger partial charge in [-0.2, -0.15) is 0 Å². The molecule has 0 bridgehead atoms. The van der Waals surface area contributed by atoms with E-state index in [9.17, 15) is 0 Å². The first-order valence-corrected chi connectivity index (χ1v) is 6.56. The number of rotatable bonds is 5. The van der Waals surface area contributed by atoms with Crippen LogP contribution in [0.3, 0.4) is 0 Å². The standard InChI is InChI=1S/C15H23NO/c1-10(2)16-9-11(3)7-13-5-6-15(17-13)14-8-12(14)4/h5-7,10,12,14,16H,8-9H2,1-4H3. The second-order valence-electron chi connectivity index (χ2n) is 5.59. The number of hydrogen-bond donors (Lipinski definition) is 1. The number of nitrogens with one attached hydrogen (secondary N) is 1. The van der Waals surface area contributed by atoms with Gasteiger partial charge in [0.2, 0.25) is 0 Å². The Morgan fingerprint density at radius 1 is 1.53 bits per heavy atom. The zero-order valence-electron chi connectivity index (χ0n) is 11.3. The van der Waals surface area contributed by atoms with Crippen LogP contribution in [-0.4, -0.2) is 12.6 Å². The molecule has 1 heterocycles. The highest BCUT2D eigenvalue weighted by Gasteiger charge is 2.36. The van der Waals surface area contributed by atoms with Crippen molar-refractivity contribution in [1.29, 1.82) is 0 Å². The molecule has 1 N–H and O–H groups in total. The summed E-state index contributed by atoms with van der Waals surface area (Å²) in [5, 5.41) is 3.40. The van der Waals surface area contributed by atoms with E-state index in [-0.39, 0.29) is 0 Å². The summed E-state index contributed by atoms with van der Waals surface area (Å²) in [6.07, 6.45) is 3.41. The van der Waals surface area contributed by atoms with Crippen LogP contribution in [0.15, 0.2) is 22.1 Å². The summed E-state index contributed by atoms with van der Waals surface area (Å²) in [6, 6.07) is 4.74. The third-order valence-corrected chi connectivity index (χ3v) is 3.30. The molecule has 94 valence electrons. The van der Waals surface area contributed by atoms with Crippen LogP contribution < -0.4 is 5.32 Å². The third-order valence-electron chi connectivity index (χ3n) is 3.30. The Morgan fingerprint density at radius 2 is 2.24 bits per heavy atom. The first-order chi connectivity index (χ1) is 8.06. The minimum Gasteiger partial charge on any atom is -0.461 e. The van der Waals surface area contributed by atoms with E-state index in [2.05, 4.69) is 51.2 Å². The molecule has 1 saturated carbocycles. The first kappa shape index (κ1) is 12.4. The molecule has 1 aliphatic rings. The molecule has 2 unspecified atom stereocenters.